The molecule has 1 N–H and O–H groups in total. The normalized spacial score (nSPS) is 20.2. The van der Waals surface area contributed by atoms with Gasteiger partial charge in [-0.25, -0.2) is 0 Å². The Bertz CT molecular complexity index is 240. The van der Waals surface area contributed by atoms with E-state index in [2.05, 4.69) is 17.1 Å². The number of rotatable bonds is 7. The third kappa shape index (κ3) is 4.28. The summed E-state index contributed by atoms with van der Waals surface area (Å²) < 4.78 is 4.91. The molecule has 1 unspecified atom stereocenters. The Hall–Kier alpha value is -0.610. The van der Waals surface area contributed by atoms with Crippen LogP contribution in [0.25, 0.3) is 0 Å². The fourth-order valence-electron chi connectivity index (χ4n) is 2.28. The molecule has 0 amide bonds. The lowest BCUT2D eigenvalue weighted by Gasteiger charge is -2.29. The maximum absolute atomic E-state index is 11.8. The Morgan fingerprint density at radius 1 is 1.41 bits per heavy atom. The molecule has 0 aromatic rings. The Balaban J connectivity index is 2.46. The number of carbonyl (C=O) groups excluding carboxylic acids is 1. The van der Waals surface area contributed by atoms with E-state index >= 15 is 0 Å². The molecule has 17 heavy (non-hydrogen) atoms. The first-order chi connectivity index (χ1) is 8.12. The molecule has 0 radical (unpaired) electrons. The first-order valence-corrected chi connectivity index (χ1v) is 6.68. The highest BCUT2D eigenvalue weighted by atomic mass is 16.5. The zero-order valence-electron chi connectivity index (χ0n) is 11.4. The van der Waals surface area contributed by atoms with E-state index in [1.54, 1.807) is 0 Å². The van der Waals surface area contributed by atoms with Gasteiger partial charge in [0.05, 0.1) is 7.11 Å². The van der Waals surface area contributed by atoms with Crippen LogP contribution in [0.4, 0.5) is 0 Å². The standard InChI is InChI=1S/C13H26N2O2/c1-4-8-14-13(2,12(16)17-3)7-11-15-9-5-6-10-15/h14H,4-11H2,1-3H3. The molecule has 0 spiro atoms. The maximum atomic E-state index is 11.8. The van der Waals surface area contributed by atoms with Gasteiger partial charge in [0.2, 0.25) is 0 Å². The summed E-state index contributed by atoms with van der Waals surface area (Å²) in [6.45, 7) is 8.22. The molecule has 1 fully saturated rings. The van der Waals surface area contributed by atoms with Crippen LogP contribution in [-0.2, 0) is 9.53 Å². The van der Waals surface area contributed by atoms with E-state index in [0.717, 1.165) is 25.9 Å². The molecule has 100 valence electrons. The van der Waals surface area contributed by atoms with Gasteiger partial charge >= 0.3 is 5.97 Å². The van der Waals surface area contributed by atoms with Crippen LogP contribution in [0.5, 0.6) is 0 Å². The molecule has 1 heterocycles. The van der Waals surface area contributed by atoms with Crippen molar-refractivity contribution in [3.63, 3.8) is 0 Å². The smallest absolute Gasteiger partial charge is 0.325 e. The lowest BCUT2D eigenvalue weighted by atomic mass is 9.97. The van der Waals surface area contributed by atoms with E-state index < -0.39 is 5.54 Å². The number of hydrogen-bond acceptors (Lipinski definition) is 4. The fraction of sp³-hybridized carbons (Fsp3) is 0.923. The predicted molar refractivity (Wildman–Crippen MR) is 69.0 cm³/mol. The van der Waals surface area contributed by atoms with Crippen molar-refractivity contribution in [3.8, 4) is 0 Å². The fourth-order valence-corrected chi connectivity index (χ4v) is 2.28. The Morgan fingerprint density at radius 3 is 2.59 bits per heavy atom. The van der Waals surface area contributed by atoms with Gasteiger partial charge in [-0.05, 0) is 52.2 Å². The number of methoxy groups -OCH3 is 1. The van der Waals surface area contributed by atoms with Crippen molar-refractivity contribution in [1.29, 1.82) is 0 Å². The molecule has 1 aliphatic rings. The Labute approximate surface area is 105 Å². The van der Waals surface area contributed by atoms with E-state index in [1.807, 2.05) is 6.92 Å². The minimum Gasteiger partial charge on any atom is -0.468 e. The van der Waals surface area contributed by atoms with E-state index in [-0.39, 0.29) is 5.97 Å². The van der Waals surface area contributed by atoms with Crippen molar-refractivity contribution in [2.45, 2.75) is 45.1 Å². The predicted octanol–water partition coefficient (Wildman–Crippen LogP) is 1.40. The van der Waals surface area contributed by atoms with Crippen molar-refractivity contribution >= 4 is 5.97 Å². The lowest BCUT2D eigenvalue weighted by molar-refractivity contribution is -0.148. The van der Waals surface area contributed by atoms with Crippen molar-refractivity contribution in [3.05, 3.63) is 0 Å². The van der Waals surface area contributed by atoms with Crippen molar-refractivity contribution < 1.29 is 9.53 Å². The van der Waals surface area contributed by atoms with Crippen LogP contribution in [0, 0.1) is 0 Å². The minimum absolute atomic E-state index is 0.148. The molecule has 1 atom stereocenters. The Morgan fingerprint density at radius 2 is 2.06 bits per heavy atom. The zero-order chi connectivity index (χ0) is 12.7. The van der Waals surface area contributed by atoms with Crippen molar-refractivity contribution in [1.82, 2.24) is 10.2 Å². The summed E-state index contributed by atoms with van der Waals surface area (Å²) in [6, 6.07) is 0. The number of likely N-dealkylation sites (tertiary alicyclic amines) is 1. The Kier molecular flexibility index (Phi) is 5.92. The van der Waals surface area contributed by atoms with Crippen LogP contribution in [0.1, 0.15) is 39.5 Å². The topological polar surface area (TPSA) is 41.6 Å². The first-order valence-electron chi connectivity index (χ1n) is 6.68. The van der Waals surface area contributed by atoms with Crippen molar-refractivity contribution in [2.24, 2.45) is 0 Å². The van der Waals surface area contributed by atoms with Crippen LogP contribution >= 0.6 is 0 Å². The third-order valence-corrected chi connectivity index (χ3v) is 3.53. The quantitative estimate of drug-likeness (QED) is 0.685. The highest BCUT2D eigenvalue weighted by Gasteiger charge is 2.33. The maximum Gasteiger partial charge on any atom is 0.325 e. The van der Waals surface area contributed by atoms with Crippen LogP contribution < -0.4 is 5.32 Å². The average molecular weight is 242 g/mol. The molecule has 1 aliphatic heterocycles. The molecule has 1 saturated heterocycles. The minimum atomic E-state index is -0.534. The molecule has 0 saturated carbocycles. The van der Waals surface area contributed by atoms with Gasteiger partial charge in [-0.3, -0.25) is 4.79 Å². The highest BCUT2D eigenvalue weighted by Crippen LogP contribution is 2.16. The van der Waals surface area contributed by atoms with Gasteiger partial charge in [-0.15, -0.1) is 0 Å². The van der Waals surface area contributed by atoms with Crippen LogP contribution in [0.15, 0.2) is 0 Å². The van der Waals surface area contributed by atoms with Gasteiger partial charge in [0.15, 0.2) is 0 Å². The number of carbonyl (C=O) groups is 1. The zero-order valence-corrected chi connectivity index (χ0v) is 11.4. The molecule has 0 bridgehead atoms. The number of ether oxygens (including phenoxy) is 1. The van der Waals surface area contributed by atoms with Gasteiger partial charge < -0.3 is 15.0 Å². The largest absolute Gasteiger partial charge is 0.468 e. The van der Waals surface area contributed by atoms with Gasteiger partial charge in [0, 0.05) is 6.54 Å². The number of nitrogens with zero attached hydrogens (tertiary/aromatic N) is 1. The average Bonchev–Trinajstić information content (AvgIpc) is 2.86. The van der Waals surface area contributed by atoms with Crippen molar-refractivity contribution in [2.75, 3.05) is 33.3 Å². The molecule has 0 aromatic heterocycles. The summed E-state index contributed by atoms with van der Waals surface area (Å²) >= 11 is 0. The summed E-state index contributed by atoms with van der Waals surface area (Å²) in [5.74, 6) is -0.148. The van der Waals surface area contributed by atoms with Gasteiger partial charge in [0.25, 0.3) is 0 Å². The second-order valence-corrected chi connectivity index (χ2v) is 5.05. The second-order valence-electron chi connectivity index (χ2n) is 5.05. The number of esters is 1. The SMILES string of the molecule is CCCNC(C)(CCN1CCCC1)C(=O)OC. The molecular formula is C13H26N2O2. The molecule has 1 rings (SSSR count). The first kappa shape index (κ1) is 14.5. The van der Waals surface area contributed by atoms with Gasteiger partial charge in [-0.2, -0.15) is 0 Å². The lowest BCUT2D eigenvalue weighted by Crippen LogP contribution is -2.52. The molecule has 4 heteroatoms. The number of nitrogens with one attached hydrogen (secondary N) is 1. The van der Waals surface area contributed by atoms with Crippen LogP contribution in [-0.4, -0.2) is 49.7 Å². The molecule has 0 aromatic carbocycles. The molecule has 0 aliphatic carbocycles. The summed E-state index contributed by atoms with van der Waals surface area (Å²) in [5.41, 5.74) is -0.534. The third-order valence-electron chi connectivity index (χ3n) is 3.53. The second kappa shape index (κ2) is 6.97. The van der Waals surface area contributed by atoms with Crippen LogP contribution in [0.2, 0.25) is 0 Å². The van der Waals surface area contributed by atoms with Gasteiger partial charge in [0.1, 0.15) is 5.54 Å². The molecule has 4 nitrogen and oxygen atoms in total. The summed E-state index contributed by atoms with van der Waals surface area (Å²) in [5, 5.41) is 3.32. The summed E-state index contributed by atoms with van der Waals surface area (Å²) in [6.07, 6.45) is 4.42. The number of hydrogen-bond donors (Lipinski definition) is 1. The van der Waals surface area contributed by atoms with Crippen LogP contribution in [0.3, 0.4) is 0 Å². The highest BCUT2D eigenvalue weighted by molar-refractivity contribution is 5.80. The van der Waals surface area contributed by atoms with Gasteiger partial charge in [-0.1, -0.05) is 6.92 Å². The molecular weight excluding hydrogens is 216 g/mol. The van der Waals surface area contributed by atoms with E-state index in [0.29, 0.717) is 0 Å². The van der Waals surface area contributed by atoms with E-state index in [1.165, 1.54) is 33.0 Å². The van der Waals surface area contributed by atoms with E-state index in [4.69, 9.17) is 4.74 Å². The summed E-state index contributed by atoms with van der Waals surface area (Å²) in [4.78, 5) is 14.3. The summed E-state index contributed by atoms with van der Waals surface area (Å²) in [7, 11) is 1.46. The van der Waals surface area contributed by atoms with E-state index in [9.17, 15) is 4.79 Å². The monoisotopic (exact) mass is 242 g/mol.